The summed E-state index contributed by atoms with van der Waals surface area (Å²) in [6.45, 7) is 1.52. The molecule has 5 nitrogen and oxygen atoms in total. The zero-order chi connectivity index (χ0) is 12.0. The van der Waals surface area contributed by atoms with E-state index in [1.807, 2.05) is 0 Å². The molecule has 1 atom stereocenters. The highest BCUT2D eigenvalue weighted by molar-refractivity contribution is 5.96. The Kier molecular flexibility index (Phi) is 4.47. The predicted molar refractivity (Wildman–Crippen MR) is 56.5 cm³/mol. The highest BCUT2D eigenvalue weighted by Gasteiger charge is 2.18. The highest BCUT2D eigenvalue weighted by atomic mass is 17.2. The van der Waals surface area contributed by atoms with Crippen LogP contribution in [-0.4, -0.2) is 25.0 Å². The number of amides is 1. The molecule has 0 aliphatic heterocycles. The number of nitrogens with one attached hydrogen (secondary N) is 1. The monoisotopic (exact) mass is 223 g/mol. The molecule has 1 rings (SSSR count). The molecule has 1 aromatic rings. The Morgan fingerprint density at radius 3 is 2.44 bits per heavy atom. The van der Waals surface area contributed by atoms with Crippen LogP contribution in [0.2, 0.25) is 0 Å². The van der Waals surface area contributed by atoms with Gasteiger partial charge in [-0.05, 0) is 19.1 Å². The van der Waals surface area contributed by atoms with Crippen molar-refractivity contribution in [3.8, 4) is 0 Å². The zero-order valence-electron chi connectivity index (χ0n) is 9.10. The summed E-state index contributed by atoms with van der Waals surface area (Å²) in [5.74, 6) is -0.979. The van der Waals surface area contributed by atoms with Crippen LogP contribution >= 0.6 is 0 Å². The maximum absolute atomic E-state index is 11.6. The second-order valence-electron chi connectivity index (χ2n) is 3.13. The van der Waals surface area contributed by atoms with Gasteiger partial charge in [-0.3, -0.25) is 9.68 Å². The first-order valence-electron chi connectivity index (χ1n) is 4.75. The standard InChI is InChI=1S/C11H13NO4/c1-8(11(14)16-15-2)12-10(13)9-6-4-3-5-7-9/h3-8H,1-2H3,(H,12,13)/t8-/m0/s1. The second kappa shape index (κ2) is 5.87. The summed E-state index contributed by atoms with van der Waals surface area (Å²) in [4.78, 5) is 31.2. The van der Waals surface area contributed by atoms with Gasteiger partial charge < -0.3 is 5.32 Å². The summed E-state index contributed by atoms with van der Waals surface area (Å²) in [5, 5.41) is 2.49. The smallest absolute Gasteiger partial charge is 0.339 e. The molecule has 0 bridgehead atoms. The van der Waals surface area contributed by atoms with E-state index in [0.717, 1.165) is 0 Å². The molecule has 86 valence electrons. The fourth-order valence-corrected chi connectivity index (χ4v) is 1.08. The van der Waals surface area contributed by atoms with E-state index in [-0.39, 0.29) is 5.91 Å². The molecule has 0 heterocycles. The summed E-state index contributed by atoms with van der Waals surface area (Å²) in [7, 11) is 1.23. The quantitative estimate of drug-likeness (QED) is 0.608. The summed E-state index contributed by atoms with van der Waals surface area (Å²) in [6.07, 6.45) is 0. The molecule has 0 saturated heterocycles. The first-order valence-corrected chi connectivity index (χ1v) is 4.75. The molecule has 1 amide bonds. The predicted octanol–water partition coefficient (Wildman–Crippen LogP) is 0.909. The number of carbonyl (C=O) groups excluding carboxylic acids is 2. The normalized spacial score (nSPS) is 11.6. The lowest BCUT2D eigenvalue weighted by atomic mass is 10.2. The van der Waals surface area contributed by atoms with Gasteiger partial charge in [0.25, 0.3) is 5.91 Å². The SMILES string of the molecule is COOC(=O)[C@H](C)NC(=O)c1ccccc1. The molecule has 16 heavy (non-hydrogen) atoms. The van der Waals surface area contributed by atoms with Crippen LogP contribution in [0.1, 0.15) is 17.3 Å². The van der Waals surface area contributed by atoms with Crippen LogP contribution in [0, 0.1) is 0 Å². The Labute approximate surface area is 93.3 Å². The summed E-state index contributed by atoms with van der Waals surface area (Å²) < 4.78 is 0. The molecule has 0 saturated carbocycles. The van der Waals surface area contributed by atoms with E-state index in [0.29, 0.717) is 5.56 Å². The Balaban J connectivity index is 2.55. The van der Waals surface area contributed by atoms with E-state index < -0.39 is 12.0 Å². The van der Waals surface area contributed by atoms with Gasteiger partial charge in [0.05, 0.1) is 7.11 Å². The molecule has 0 aliphatic rings. The molecular formula is C11H13NO4. The third-order valence-corrected chi connectivity index (χ3v) is 1.90. The van der Waals surface area contributed by atoms with Gasteiger partial charge in [0.2, 0.25) is 0 Å². The van der Waals surface area contributed by atoms with Gasteiger partial charge in [-0.15, -0.1) is 0 Å². The molecule has 1 N–H and O–H groups in total. The third kappa shape index (κ3) is 3.36. The van der Waals surface area contributed by atoms with Crippen molar-refractivity contribution in [2.45, 2.75) is 13.0 Å². The van der Waals surface area contributed by atoms with E-state index in [1.54, 1.807) is 30.3 Å². The van der Waals surface area contributed by atoms with Gasteiger partial charge in [-0.2, -0.15) is 4.89 Å². The Hall–Kier alpha value is -1.88. The molecule has 0 unspecified atom stereocenters. The fraction of sp³-hybridized carbons (Fsp3) is 0.273. The van der Waals surface area contributed by atoms with Gasteiger partial charge in [0.1, 0.15) is 6.04 Å². The summed E-state index contributed by atoms with van der Waals surface area (Å²) in [5.41, 5.74) is 0.486. The van der Waals surface area contributed by atoms with E-state index in [9.17, 15) is 9.59 Å². The first kappa shape index (κ1) is 12.2. The van der Waals surface area contributed by atoms with Crippen molar-refractivity contribution >= 4 is 11.9 Å². The van der Waals surface area contributed by atoms with Gasteiger partial charge in [0.15, 0.2) is 0 Å². The topological polar surface area (TPSA) is 64.6 Å². The number of carbonyl (C=O) groups is 2. The van der Waals surface area contributed by atoms with Crippen molar-refractivity contribution in [2.24, 2.45) is 0 Å². The molecule has 0 radical (unpaired) electrons. The number of hydrogen-bond acceptors (Lipinski definition) is 4. The van der Waals surface area contributed by atoms with Crippen molar-refractivity contribution < 1.29 is 19.4 Å². The van der Waals surface area contributed by atoms with Crippen LogP contribution in [-0.2, 0) is 14.6 Å². The van der Waals surface area contributed by atoms with E-state index in [1.165, 1.54) is 14.0 Å². The molecule has 0 fully saturated rings. The maximum Gasteiger partial charge on any atom is 0.364 e. The molecule has 1 aromatic carbocycles. The van der Waals surface area contributed by atoms with Gasteiger partial charge >= 0.3 is 5.97 Å². The van der Waals surface area contributed by atoms with Gasteiger partial charge in [-0.25, -0.2) is 4.79 Å². The van der Waals surface area contributed by atoms with Gasteiger partial charge in [-0.1, -0.05) is 18.2 Å². The minimum atomic E-state index is -0.757. The lowest BCUT2D eigenvalue weighted by Crippen LogP contribution is -2.39. The third-order valence-electron chi connectivity index (χ3n) is 1.90. The number of rotatable bonds is 4. The van der Waals surface area contributed by atoms with E-state index in [4.69, 9.17) is 0 Å². The van der Waals surface area contributed by atoms with Crippen molar-refractivity contribution in [1.29, 1.82) is 0 Å². The first-order chi connectivity index (χ1) is 7.65. The van der Waals surface area contributed by atoms with Crippen LogP contribution in [0.25, 0.3) is 0 Å². The molecule has 0 aliphatic carbocycles. The van der Waals surface area contributed by atoms with Crippen LogP contribution in [0.3, 0.4) is 0 Å². The largest absolute Gasteiger partial charge is 0.364 e. The number of benzene rings is 1. The van der Waals surface area contributed by atoms with Crippen LogP contribution in [0.15, 0.2) is 30.3 Å². The van der Waals surface area contributed by atoms with Crippen LogP contribution in [0.4, 0.5) is 0 Å². The van der Waals surface area contributed by atoms with Gasteiger partial charge in [0, 0.05) is 5.56 Å². The molecule has 5 heteroatoms. The lowest BCUT2D eigenvalue weighted by Gasteiger charge is -2.11. The highest BCUT2D eigenvalue weighted by Crippen LogP contribution is 1.99. The Morgan fingerprint density at radius 2 is 1.88 bits per heavy atom. The van der Waals surface area contributed by atoms with Crippen molar-refractivity contribution in [1.82, 2.24) is 5.32 Å². The summed E-state index contributed by atoms with van der Waals surface area (Å²) >= 11 is 0. The average molecular weight is 223 g/mol. The Bertz CT molecular complexity index is 364. The average Bonchev–Trinajstić information content (AvgIpc) is 2.30. The minimum Gasteiger partial charge on any atom is -0.339 e. The van der Waals surface area contributed by atoms with Crippen LogP contribution in [0.5, 0.6) is 0 Å². The molecule has 0 aromatic heterocycles. The molecule has 0 spiro atoms. The lowest BCUT2D eigenvalue weighted by molar-refractivity contribution is -0.256. The van der Waals surface area contributed by atoms with Crippen molar-refractivity contribution in [3.63, 3.8) is 0 Å². The summed E-state index contributed by atoms with van der Waals surface area (Å²) in [6, 6.07) is 7.85. The molecular weight excluding hydrogens is 210 g/mol. The minimum absolute atomic E-state index is 0.332. The number of hydrogen-bond donors (Lipinski definition) is 1. The fourth-order valence-electron chi connectivity index (χ4n) is 1.08. The zero-order valence-corrected chi connectivity index (χ0v) is 9.10. The Morgan fingerprint density at radius 1 is 1.25 bits per heavy atom. The second-order valence-corrected chi connectivity index (χ2v) is 3.13. The van der Waals surface area contributed by atoms with Crippen molar-refractivity contribution in [2.75, 3.05) is 7.11 Å². The maximum atomic E-state index is 11.6. The van der Waals surface area contributed by atoms with Crippen molar-refractivity contribution in [3.05, 3.63) is 35.9 Å². The van der Waals surface area contributed by atoms with E-state index >= 15 is 0 Å². The van der Waals surface area contributed by atoms with Crippen LogP contribution < -0.4 is 5.32 Å². The van der Waals surface area contributed by atoms with E-state index in [2.05, 4.69) is 15.1 Å².